The van der Waals surface area contributed by atoms with E-state index in [2.05, 4.69) is 23.6 Å². The van der Waals surface area contributed by atoms with E-state index in [1.54, 1.807) is 12.1 Å². The molecular formula is C26H39N5O3. The van der Waals surface area contributed by atoms with Crippen LogP contribution in [0.15, 0.2) is 41.5 Å². The van der Waals surface area contributed by atoms with Crippen molar-refractivity contribution >= 4 is 17.9 Å². The minimum atomic E-state index is -0.467. The molecule has 0 radical (unpaired) electrons. The number of morpholine rings is 1. The lowest BCUT2D eigenvalue weighted by molar-refractivity contribution is -0.105. The molecule has 1 unspecified atom stereocenters. The maximum absolute atomic E-state index is 12.1. The highest BCUT2D eigenvalue weighted by molar-refractivity contribution is 5.95. The van der Waals surface area contributed by atoms with Crippen LogP contribution < -0.4 is 11.5 Å². The molecule has 4 rings (SSSR count). The van der Waals surface area contributed by atoms with Crippen molar-refractivity contribution in [3.05, 3.63) is 52.6 Å². The molecule has 1 aromatic carbocycles. The average molecular weight is 470 g/mol. The number of hydrogen-bond donors (Lipinski definition) is 2. The zero-order valence-corrected chi connectivity index (χ0v) is 20.8. The first-order valence-corrected chi connectivity index (χ1v) is 12.1. The topological polar surface area (TPSA) is 105 Å². The molecule has 0 saturated carbocycles. The van der Waals surface area contributed by atoms with Gasteiger partial charge in [-0.3, -0.25) is 14.5 Å². The van der Waals surface area contributed by atoms with Gasteiger partial charge in [0, 0.05) is 56.9 Å². The number of nitrogen functional groups attached to an aromatic ring is 1. The van der Waals surface area contributed by atoms with Crippen LogP contribution in [0.4, 0.5) is 5.69 Å². The largest absolute Gasteiger partial charge is 0.399 e. The number of ether oxygens (including phenoxy) is 1. The highest BCUT2D eigenvalue weighted by Gasteiger charge is 2.37. The second-order valence-electron chi connectivity index (χ2n) is 9.21. The summed E-state index contributed by atoms with van der Waals surface area (Å²) in [5, 5.41) is 0. The van der Waals surface area contributed by atoms with Crippen molar-refractivity contribution in [3.63, 3.8) is 0 Å². The number of piperazine rings is 1. The second kappa shape index (κ2) is 11.8. The summed E-state index contributed by atoms with van der Waals surface area (Å²) in [5.41, 5.74) is 16.1. The molecule has 8 nitrogen and oxygen atoms in total. The van der Waals surface area contributed by atoms with Gasteiger partial charge in [0.1, 0.15) is 6.29 Å². The van der Waals surface area contributed by atoms with Crippen molar-refractivity contribution in [1.29, 1.82) is 0 Å². The van der Waals surface area contributed by atoms with Crippen LogP contribution >= 0.6 is 0 Å². The van der Waals surface area contributed by atoms with Gasteiger partial charge in [0.15, 0.2) is 0 Å². The number of aryl methyl sites for hydroxylation is 1. The summed E-state index contributed by atoms with van der Waals surface area (Å²) in [6.45, 7) is 13.9. The highest BCUT2D eigenvalue weighted by atomic mass is 16.5. The standard InChI is InChI=1S/C14H23N3O.C12H16N2O2/c1-3-16-6-8-17(9-7-16)14(15)10-13(11-18)5-4-12(14)2;1-9-8-10(2-3-11(9)13)12(15)14-4-6-16-7-5-14/h4-5,11H,3,6-10,15H2,1-2H3;2-3,8H,4-7,13H2,1H3. The SMILES string of the molecule is CCN1CCN(C2(N)CC(C=O)=CC=C2C)CC1.Cc1cc(C(=O)N2CCOCC2)ccc1N. The maximum Gasteiger partial charge on any atom is 0.254 e. The molecule has 0 spiro atoms. The Hall–Kier alpha value is -2.52. The number of benzene rings is 1. The minimum absolute atomic E-state index is 0.0615. The van der Waals surface area contributed by atoms with Gasteiger partial charge in [-0.15, -0.1) is 0 Å². The smallest absolute Gasteiger partial charge is 0.254 e. The normalized spacial score (nSPS) is 23.9. The van der Waals surface area contributed by atoms with Gasteiger partial charge in [-0.05, 0) is 55.3 Å². The molecule has 1 aromatic rings. The molecule has 186 valence electrons. The Morgan fingerprint density at radius 3 is 2.35 bits per heavy atom. The fourth-order valence-electron chi connectivity index (χ4n) is 4.55. The molecule has 4 N–H and O–H groups in total. The van der Waals surface area contributed by atoms with E-state index in [0.717, 1.165) is 61.4 Å². The molecule has 2 aliphatic heterocycles. The first-order chi connectivity index (χ1) is 16.3. The lowest BCUT2D eigenvalue weighted by Crippen LogP contribution is -2.63. The van der Waals surface area contributed by atoms with E-state index < -0.39 is 5.66 Å². The Bertz CT molecular complexity index is 930. The quantitative estimate of drug-likeness (QED) is 0.512. The number of likely N-dealkylation sites (N-methyl/N-ethyl adjacent to an activating group) is 1. The summed E-state index contributed by atoms with van der Waals surface area (Å²) in [7, 11) is 0. The Morgan fingerprint density at radius 1 is 1.09 bits per heavy atom. The number of rotatable bonds is 4. The number of nitrogens with two attached hydrogens (primary N) is 2. The van der Waals surface area contributed by atoms with Gasteiger partial charge >= 0.3 is 0 Å². The first-order valence-electron chi connectivity index (χ1n) is 12.1. The van der Waals surface area contributed by atoms with E-state index in [4.69, 9.17) is 16.2 Å². The number of allylic oxidation sites excluding steroid dienone is 2. The van der Waals surface area contributed by atoms with E-state index in [0.29, 0.717) is 38.3 Å². The molecular weight excluding hydrogens is 430 g/mol. The predicted octanol–water partition coefficient (Wildman–Crippen LogP) is 1.80. The lowest BCUT2D eigenvalue weighted by Gasteiger charge is -2.47. The third-order valence-electron chi connectivity index (χ3n) is 7.05. The number of nitrogens with zero attached hydrogens (tertiary/aromatic N) is 3. The fraction of sp³-hybridized carbons (Fsp3) is 0.538. The van der Waals surface area contributed by atoms with Crippen molar-refractivity contribution in [2.45, 2.75) is 32.9 Å². The highest BCUT2D eigenvalue weighted by Crippen LogP contribution is 2.30. The number of carbonyl (C=O) groups excluding carboxylic acids is 2. The zero-order valence-electron chi connectivity index (χ0n) is 20.8. The molecule has 1 aliphatic carbocycles. The molecule has 34 heavy (non-hydrogen) atoms. The van der Waals surface area contributed by atoms with Gasteiger partial charge in [-0.25, -0.2) is 0 Å². The Balaban J connectivity index is 0.000000192. The van der Waals surface area contributed by atoms with Crippen molar-refractivity contribution in [3.8, 4) is 0 Å². The summed E-state index contributed by atoms with van der Waals surface area (Å²) in [6, 6.07) is 5.40. The van der Waals surface area contributed by atoms with Crippen LogP contribution in [-0.2, 0) is 9.53 Å². The number of hydrogen-bond acceptors (Lipinski definition) is 7. The Kier molecular flexibility index (Phi) is 9.02. The van der Waals surface area contributed by atoms with Gasteiger partial charge in [-0.1, -0.05) is 19.1 Å². The summed E-state index contributed by atoms with van der Waals surface area (Å²) < 4.78 is 5.21. The lowest BCUT2D eigenvalue weighted by atomic mass is 9.87. The number of carbonyl (C=O) groups is 2. The van der Waals surface area contributed by atoms with E-state index in [-0.39, 0.29) is 5.91 Å². The van der Waals surface area contributed by atoms with Crippen LogP contribution in [0.3, 0.4) is 0 Å². The third kappa shape index (κ3) is 6.13. The molecule has 1 amide bonds. The predicted molar refractivity (Wildman–Crippen MR) is 135 cm³/mol. The van der Waals surface area contributed by atoms with Gasteiger partial charge in [0.25, 0.3) is 5.91 Å². The summed E-state index contributed by atoms with van der Waals surface area (Å²) in [6.07, 6.45) is 5.42. The summed E-state index contributed by atoms with van der Waals surface area (Å²) in [4.78, 5) is 29.6. The van der Waals surface area contributed by atoms with E-state index in [9.17, 15) is 9.59 Å². The first kappa shape index (κ1) is 26.1. The average Bonchev–Trinajstić information content (AvgIpc) is 2.88. The van der Waals surface area contributed by atoms with Crippen LogP contribution in [0.5, 0.6) is 0 Å². The molecule has 0 aromatic heterocycles. The fourth-order valence-corrected chi connectivity index (χ4v) is 4.55. The molecule has 2 heterocycles. The third-order valence-corrected chi connectivity index (χ3v) is 7.05. The van der Waals surface area contributed by atoms with Gasteiger partial charge in [-0.2, -0.15) is 0 Å². The van der Waals surface area contributed by atoms with E-state index >= 15 is 0 Å². The molecule has 0 bridgehead atoms. The monoisotopic (exact) mass is 469 g/mol. The minimum Gasteiger partial charge on any atom is -0.399 e. The van der Waals surface area contributed by atoms with E-state index in [1.807, 2.05) is 30.0 Å². The molecule has 2 saturated heterocycles. The molecule has 8 heteroatoms. The van der Waals surface area contributed by atoms with Crippen molar-refractivity contribution in [2.24, 2.45) is 5.73 Å². The Labute approximate surface area is 203 Å². The van der Waals surface area contributed by atoms with Gasteiger partial charge < -0.3 is 26.0 Å². The van der Waals surface area contributed by atoms with Crippen LogP contribution in [0.25, 0.3) is 0 Å². The van der Waals surface area contributed by atoms with Crippen molar-refractivity contribution < 1.29 is 14.3 Å². The Morgan fingerprint density at radius 2 is 1.76 bits per heavy atom. The number of anilines is 1. The molecule has 3 aliphatic rings. The second-order valence-corrected chi connectivity index (χ2v) is 9.21. The van der Waals surface area contributed by atoms with Crippen LogP contribution in [0.2, 0.25) is 0 Å². The zero-order chi connectivity index (χ0) is 24.7. The molecule has 2 fully saturated rings. The van der Waals surface area contributed by atoms with Gasteiger partial charge in [0.05, 0.1) is 18.9 Å². The van der Waals surface area contributed by atoms with Crippen LogP contribution in [0.1, 0.15) is 36.2 Å². The number of amides is 1. The summed E-state index contributed by atoms with van der Waals surface area (Å²) in [5.74, 6) is 0.0615. The summed E-state index contributed by atoms with van der Waals surface area (Å²) >= 11 is 0. The van der Waals surface area contributed by atoms with E-state index in [1.165, 1.54) is 0 Å². The molecule has 1 atom stereocenters. The van der Waals surface area contributed by atoms with Crippen molar-refractivity contribution in [2.75, 3.05) is 64.8 Å². The number of aldehydes is 1. The van der Waals surface area contributed by atoms with Crippen LogP contribution in [0, 0.1) is 6.92 Å². The maximum atomic E-state index is 12.1. The van der Waals surface area contributed by atoms with Crippen LogP contribution in [-0.4, -0.2) is 91.6 Å². The van der Waals surface area contributed by atoms with Gasteiger partial charge in [0.2, 0.25) is 0 Å². The van der Waals surface area contributed by atoms with Crippen molar-refractivity contribution in [1.82, 2.24) is 14.7 Å².